The second-order valence-corrected chi connectivity index (χ2v) is 6.55. The van der Waals surface area contributed by atoms with Gasteiger partial charge in [-0.15, -0.1) is 0 Å². The van der Waals surface area contributed by atoms with Gasteiger partial charge < -0.3 is 19.8 Å². The van der Waals surface area contributed by atoms with Gasteiger partial charge in [-0.05, 0) is 18.2 Å². The van der Waals surface area contributed by atoms with E-state index in [9.17, 15) is 9.90 Å². The maximum Gasteiger partial charge on any atom is 0.241 e. The number of aliphatic hydroxyl groups excluding tert-OH is 2. The normalized spacial score (nSPS) is 18.0. The Balaban J connectivity index is 1.44. The van der Waals surface area contributed by atoms with Gasteiger partial charge in [0.25, 0.3) is 0 Å². The van der Waals surface area contributed by atoms with Gasteiger partial charge in [-0.3, -0.25) is 14.4 Å². The third-order valence-corrected chi connectivity index (χ3v) is 4.80. The average molecular weight is 358 g/mol. The van der Waals surface area contributed by atoms with Crippen LogP contribution >= 0.6 is 0 Å². The Hall–Kier alpha value is -2.42. The van der Waals surface area contributed by atoms with Gasteiger partial charge in [-0.2, -0.15) is 5.10 Å². The maximum atomic E-state index is 12.8. The van der Waals surface area contributed by atoms with Crippen molar-refractivity contribution in [1.82, 2.24) is 14.7 Å². The Morgan fingerprint density at radius 2 is 2.12 bits per heavy atom. The summed E-state index contributed by atoms with van der Waals surface area (Å²) in [7, 11) is 0. The lowest BCUT2D eigenvalue weighted by Gasteiger charge is -2.33. The number of hydrogen-bond donors (Lipinski definition) is 2. The second kappa shape index (κ2) is 7.06. The number of carbonyl (C=O) groups excluding carboxylic acids is 1. The molecule has 0 saturated heterocycles. The van der Waals surface area contributed by atoms with Gasteiger partial charge in [-0.25, -0.2) is 0 Å². The molecule has 1 atom stereocenters. The van der Waals surface area contributed by atoms with Crippen LogP contribution < -0.4 is 9.64 Å². The molecule has 8 heteroatoms. The number of para-hydroxylation sites is 2. The fourth-order valence-electron chi connectivity index (χ4n) is 3.44. The smallest absolute Gasteiger partial charge is 0.241 e. The predicted octanol–water partition coefficient (Wildman–Crippen LogP) is 0.150. The largest absolute Gasteiger partial charge is 0.490 e. The number of benzene rings is 1. The first-order chi connectivity index (χ1) is 12.7. The highest BCUT2D eigenvalue weighted by atomic mass is 16.5. The van der Waals surface area contributed by atoms with E-state index in [0.717, 1.165) is 17.1 Å². The summed E-state index contributed by atoms with van der Waals surface area (Å²) >= 11 is 0. The van der Waals surface area contributed by atoms with E-state index in [0.29, 0.717) is 45.0 Å². The monoisotopic (exact) mass is 358 g/mol. The predicted molar refractivity (Wildman–Crippen MR) is 93.8 cm³/mol. The van der Waals surface area contributed by atoms with Crippen LogP contribution in [0.2, 0.25) is 0 Å². The van der Waals surface area contributed by atoms with Crippen LogP contribution in [0.4, 0.5) is 5.69 Å². The second-order valence-electron chi connectivity index (χ2n) is 6.55. The Bertz CT molecular complexity index is 806. The molecule has 0 aliphatic carbocycles. The molecule has 0 saturated carbocycles. The summed E-state index contributed by atoms with van der Waals surface area (Å²) in [5.41, 5.74) is 2.23. The van der Waals surface area contributed by atoms with Crippen molar-refractivity contribution in [3.8, 4) is 5.75 Å². The van der Waals surface area contributed by atoms with Crippen molar-refractivity contribution in [3.05, 3.63) is 41.7 Å². The van der Waals surface area contributed by atoms with Gasteiger partial charge >= 0.3 is 0 Å². The molecule has 8 nitrogen and oxygen atoms in total. The molecule has 2 aromatic rings. The van der Waals surface area contributed by atoms with Crippen LogP contribution in [0.3, 0.4) is 0 Å². The van der Waals surface area contributed by atoms with E-state index < -0.39 is 6.10 Å². The van der Waals surface area contributed by atoms with Crippen LogP contribution in [0, 0.1) is 0 Å². The highest BCUT2D eigenvalue weighted by molar-refractivity contribution is 5.96. The highest BCUT2D eigenvalue weighted by Gasteiger charge is 2.27. The van der Waals surface area contributed by atoms with Gasteiger partial charge in [-0.1, -0.05) is 12.1 Å². The molecule has 0 bridgehead atoms. The number of fused-ring (bicyclic) bond motifs is 2. The van der Waals surface area contributed by atoms with E-state index in [1.165, 1.54) is 0 Å². The quantitative estimate of drug-likeness (QED) is 0.809. The number of rotatable bonds is 4. The van der Waals surface area contributed by atoms with Crippen molar-refractivity contribution in [3.63, 3.8) is 0 Å². The zero-order chi connectivity index (χ0) is 18.1. The molecular weight excluding hydrogens is 336 g/mol. The third-order valence-electron chi connectivity index (χ3n) is 4.80. The van der Waals surface area contributed by atoms with E-state index in [2.05, 4.69) is 10.00 Å². The standard InChI is InChI=1S/C18H22N4O4/c23-12-16(24)14-9-13-10-20(5-6-22(13)19-14)11-18(25)21-7-8-26-17-4-2-1-3-15(17)21/h1-4,9,16,23-24H,5-8,10-12H2. The van der Waals surface area contributed by atoms with Gasteiger partial charge in [0.15, 0.2) is 0 Å². The molecule has 138 valence electrons. The summed E-state index contributed by atoms with van der Waals surface area (Å²) in [4.78, 5) is 16.7. The molecule has 4 rings (SSSR count). The van der Waals surface area contributed by atoms with Crippen molar-refractivity contribution in [2.24, 2.45) is 0 Å². The number of aromatic nitrogens is 2. The number of hydrogen-bond acceptors (Lipinski definition) is 6. The average Bonchev–Trinajstić information content (AvgIpc) is 3.10. The van der Waals surface area contributed by atoms with Crippen molar-refractivity contribution < 1.29 is 19.7 Å². The molecule has 26 heavy (non-hydrogen) atoms. The van der Waals surface area contributed by atoms with E-state index in [1.54, 1.807) is 11.0 Å². The molecule has 0 spiro atoms. The van der Waals surface area contributed by atoms with Gasteiger partial charge in [0, 0.05) is 13.1 Å². The molecule has 3 heterocycles. The third kappa shape index (κ3) is 3.18. The van der Waals surface area contributed by atoms with Gasteiger partial charge in [0.2, 0.25) is 5.91 Å². The lowest BCUT2D eigenvalue weighted by Crippen LogP contribution is -2.46. The fourth-order valence-corrected chi connectivity index (χ4v) is 3.44. The van der Waals surface area contributed by atoms with E-state index in [4.69, 9.17) is 9.84 Å². The molecule has 1 aromatic carbocycles. The number of aliphatic hydroxyl groups is 2. The zero-order valence-electron chi connectivity index (χ0n) is 14.4. The van der Waals surface area contributed by atoms with Gasteiger partial charge in [0.1, 0.15) is 18.5 Å². The van der Waals surface area contributed by atoms with E-state index in [-0.39, 0.29) is 12.5 Å². The van der Waals surface area contributed by atoms with Crippen molar-refractivity contribution in [2.75, 3.05) is 37.7 Å². The Morgan fingerprint density at radius 1 is 1.27 bits per heavy atom. The summed E-state index contributed by atoms with van der Waals surface area (Å²) < 4.78 is 7.45. The first-order valence-corrected chi connectivity index (χ1v) is 8.76. The van der Waals surface area contributed by atoms with E-state index >= 15 is 0 Å². The minimum absolute atomic E-state index is 0.0457. The number of ether oxygens (including phenoxy) is 1. The molecule has 1 unspecified atom stereocenters. The Kier molecular flexibility index (Phi) is 4.62. The maximum absolute atomic E-state index is 12.8. The minimum Gasteiger partial charge on any atom is -0.490 e. The van der Waals surface area contributed by atoms with Crippen molar-refractivity contribution >= 4 is 11.6 Å². The lowest BCUT2D eigenvalue weighted by molar-refractivity contribution is -0.120. The topological polar surface area (TPSA) is 91.1 Å². The highest BCUT2D eigenvalue weighted by Crippen LogP contribution is 2.31. The van der Waals surface area contributed by atoms with Crippen LogP contribution in [0.5, 0.6) is 5.75 Å². The molecule has 2 N–H and O–H groups in total. The molecule has 0 radical (unpaired) electrons. The molecule has 2 aliphatic rings. The summed E-state index contributed by atoms with van der Waals surface area (Å²) in [5.74, 6) is 0.788. The first kappa shape index (κ1) is 17.0. The summed E-state index contributed by atoms with van der Waals surface area (Å²) in [6, 6.07) is 9.38. The number of amides is 1. The van der Waals surface area contributed by atoms with Gasteiger partial charge in [0.05, 0.1) is 43.3 Å². The summed E-state index contributed by atoms with van der Waals surface area (Å²) in [6.45, 7) is 2.96. The minimum atomic E-state index is -0.965. The molecule has 2 aliphatic heterocycles. The molecule has 0 fully saturated rings. The summed E-state index contributed by atoms with van der Waals surface area (Å²) in [5, 5.41) is 23.1. The molecule has 1 aromatic heterocycles. The fraction of sp³-hybridized carbons (Fsp3) is 0.444. The molecular formula is C18H22N4O4. The Labute approximate surface area is 151 Å². The zero-order valence-corrected chi connectivity index (χ0v) is 14.4. The molecule has 1 amide bonds. The number of carbonyl (C=O) groups is 1. The van der Waals surface area contributed by atoms with Crippen LogP contribution in [0.15, 0.2) is 30.3 Å². The number of nitrogens with zero attached hydrogens (tertiary/aromatic N) is 4. The van der Waals surface area contributed by atoms with Crippen LogP contribution in [-0.4, -0.2) is 63.6 Å². The van der Waals surface area contributed by atoms with Crippen LogP contribution in [0.1, 0.15) is 17.5 Å². The van der Waals surface area contributed by atoms with E-state index in [1.807, 2.05) is 28.9 Å². The number of anilines is 1. The SMILES string of the molecule is O=C(CN1CCn2nc(C(O)CO)cc2C1)N1CCOc2ccccc21. The van der Waals surface area contributed by atoms with Crippen molar-refractivity contribution in [1.29, 1.82) is 0 Å². The Morgan fingerprint density at radius 3 is 2.96 bits per heavy atom. The van der Waals surface area contributed by atoms with Crippen molar-refractivity contribution in [2.45, 2.75) is 19.2 Å². The summed E-state index contributed by atoms with van der Waals surface area (Å²) in [6.07, 6.45) is -0.965. The first-order valence-electron chi connectivity index (χ1n) is 8.76. The van der Waals surface area contributed by atoms with Crippen LogP contribution in [-0.2, 0) is 17.9 Å². The van der Waals surface area contributed by atoms with Crippen LogP contribution in [0.25, 0.3) is 0 Å². The lowest BCUT2D eigenvalue weighted by atomic mass is 10.2.